The highest BCUT2D eigenvalue weighted by Gasteiger charge is 2.11. The fraction of sp³-hybridized carbons (Fsp3) is 0.682. The molecule has 1 rings (SSSR count). The topological polar surface area (TPSA) is 29.5 Å². The van der Waals surface area contributed by atoms with Gasteiger partial charge in [-0.3, -0.25) is 0 Å². The number of carbonyl (C=O) groups is 1. The summed E-state index contributed by atoms with van der Waals surface area (Å²) in [5.41, 5.74) is 1.83. The van der Waals surface area contributed by atoms with Crippen molar-refractivity contribution >= 4 is 11.7 Å². The van der Waals surface area contributed by atoms with Gasteiger partial charge in [0.1, 0.15) is 0 Å². The van der Waals surface area contributed by atoms with Crippen molar-refractivity contribution in [1.29, 1.82) is 0 Å². The molecule has 0 radical (unpaired) electrons. The molecule has 0 aliphatic rings. The molecule has 0 amide bonds. The third-order valence-corrected chi connectivity index (χ3v) is 4.35. The van der Waals surface area contributed by atoms with Crippen molar-refractivity contribution in [2.45, 2.75) is 60.8 Å². The summed E-state index contributed by atoms with van der Waals surface area (Å²) in [6.07, 6.45) is 3.26. The molecule has 0 unspecified atom stereocenters. The predicted molar refractivity (Wildman–Crippen MR) is 107 cm³/mol. The molecular weight excluding hydrogens is 310 g/mol. The van der Waals surface area contributed by atoms with Crippen molar-refractivity contribution in [3.63, 3.8) is 0 Å². The van der Waals surface area contributed by atoms with Crippen molar-refractivity contribution in [2.24, 2.45) is 17.8 Å². The van der Waals surface area contributed by atoms with Crippen LogP contribution in [0.1, 0.15) is 71.2 Å². The van der Waals surface area contributed by atoms with Crippen LogP contribution in [-0.2, 0) is 4.74 Å². The maximum Gasteiger partial charge on any atom is 0.338 e. The van der Waals surface area contributed by atoms with E-state index in [0.717, 1.165) is 19.5 Å². The lowest BCUT2D eigenvalue weighted by Gasteiger charge is -2.26. The standard InChI is InChI=1S/C22H37NO2/c1-17(2)11-14-23(15-12-18(3)4)21-9-7-20(8-10-21)22(24)25-16-13-19(5)6/h7-10,17-19H,11-16H2,1-6H3. The second-order valence-electron chi connectivity index (χ2n) is 8.22. The molecule has 0 spiro atoms. The molecule has 3 heteroatoms. The minimum Gasteiger partial charge on any atom is -0.462 e. The summed E-state index contributed by atoms with van der Waals surface area (Å²) < 4.78 is 5.34. The third-order valence-electron chi connectivity index (χ3n) is 4.35. The molecule has 3 nitrogen and oxygen atoms in total. The second kappa shape index (κ2) is 11.2. The van der Waals surface area contributed by atoms with Gasteiger partial charge in [-0.1, -0.05) is 41.5 Å². The zero-order valence-electron chi connectivity index (χ0n) is 17.0. The lowest BCUT2D eigenvalue weighted by molar-refractivity contribution is 0.0488. The number of hydrogen-bond acceptors (Lipinski definition) is 3. The maximum atomic E-state index is 12.1. The van der Waals surface area contributed by atoms with E-state index in [9.17, 15) is 4.79 Å². The molecule has 0 aliphatic carbocycles. The van der Waals surface area contributed by atoms with Gasteiger partial charge < -0.3 is 9.64 Å². The van der Waals surface area contributed by atoms with Crippen molar-refractivity contribution in [3.8, 4) is 0 Å². The van der Waals surface area contributed by atoms with Gasteiger partial charge in [-0.05, 0) is 61.3 Å². The summed E-state index contributed by atoms with van der Waals surface area (Å²) in [4.78, 5) is 14.5. The molecule has 1 aromatic carbocycles. The van der Waals surface area contributed by atoms with E-state index < -0.39 is 0 Å². The van der Waals surface area contributed by atoms with E-state index in [4.69, 9.17) is 4.74 Å². The molecule has 0 atom stereocenters. The highest BCUT2D eigenvalue weighted by molar-refractivity contribution is 5.89. The number of benzene rings is 1. The fourth-order valence-electron chi connectivity index (χ4n) is 2.48. The van der Waals surface area contributed by atoms with E-state index in [-0.39, 0.29) is 5.97 Å². The first-order chi connectivity index (χ1) is 11.8. The van der Waals surface area contributed by atoms with Crippen LogP contribution in [0.15, 0.2) is 24.3 Å². The van der Waals surface area contributed by atoms with Crippen molar-refractivity contribution in [1.82, 2.24) is 0 Å². The van der Waals surface area contributed by atoms with Gasteiger partial charge in [-0.25, -0.2) is 4.79 Å². The summed E-state index contributed by atoms with van der Waals surface area (Å²) in [6, 6.07) is 7.90. The number of nitrogens with zero attached hydrogens (tertiary/aromatic N) is 1. The Morgan fingerprint density at radius 1 is 0.840 bits per heavy atom. The number of hydrogen-bond donors (Lipinski definition) is 0. The largest absolute Gasteiger partial charge is 0.462 e. The molecule has 25 heavy (non-hydrogen) atoms. The van der Waals surface area contributed by atoms with Crippen LogP contribution in [0.4, 0.5) is 5.69 Å². The van der Waals surface area contributed by atoms with E-state index in [1.165, 1.54) is 18.5 Å². The van der Waals surface area contributed by atoms with Crippen molar-refractivity contribution < 1.29 is 9.53 Å². The lowest BCUT2D eigenvalue weighted by atomic mass is 10.1. The van der Waals surface area contributed by atoms with Gasteiger partial charge in [0.15, 0.2) is 0 Å². The highest BCUT2D eigenvalue weighted by Crippen LogP contribution is 2.19. The molecule has 1 aromatic rings. The van der Waals surface area contributed by atoms with Gasteiger partial charge in [-0.15, -0.1) is 0 Å². The van der Waals surface area contributed by atoms with Crippen LogP contribution >= 0.6 is 0 Å². The van der Waals surface area contributed by atoms with Crippen LogP contribution in [0.2, 0.25) is 0 Å². The molecule has 142 valence electrons. The Labute approximate surface area is 154 Å². The summed E-state index contributed by atoms with van der Waals surface area (Å²) in [6.45, 7) is 15.9. The minimum absolute atomic E-state index is 0.219. The van der Waals surface area contributed by atoms with Crippen LogP contribution in [0.5, 0.6) is 0 Å². The first-order valence-electron chi connectivity index (χ1n) is 9.81. The Morgan fingerprint density at radius 2 is 1.32 bits per heavy atom. The van der Waals surface area contributed by atoms with Gasteiger partial charge in [0.2, 0.25) is 0 Å². The molecule has 0 aliphatic heterocycles. The first kappa shape index (κ1) is 21.5. The Hall–Kier alpha value is -1.51. The Morgan fingerprint density at radius 3 is 1.76 bits per heavy atom. The second-order valence-corrected chi connectivity index (χ2v) is 8.22. The van der Waals surface area contributed by atoms with Gasteiger partial charge in [-0.2, -0.15) is 0 Å². The minimum atomic E-state index is -0.219. The van der Waals surface area contributed by atoms with Gasteiger partial charge in [0.05, 0.1) is 12.2 Å². The number of rotatable bonds is 11. The van der Waals surface area contributed by atoms with Crippen LogP contribution in [0.25, 0.3) is 0 Å². The zero-order chi connectivity index (χ0) is 18.8. The van der Waals surface area contributed by atoms with E-state index in [1.54, 1.807) is 0 Å². The predicted octanol–water partition coefficient (Wildman–Crippen LogP) is 5.79. The molecule has 0 N–H and O–H groups in total. The quantitative estimate of drug-likeness (QED) is 0.475. The Kier molecular flexibility index (Phi) is 9.62. The van der Waals surface area contributed by atoms with E-state index in [2.05, 4.69) is 58.6 Å². The van der Waals surface area contributed by atoms with Gasteiger partial charge in [0, 0.05) is 18.8 Å². The zero-order valence-corrected chi connectivity index (χ0v) is 17.0. The lowest BCUT2D eigenvalue weighted by Crippen LogP contribution is -2.27. The average Bonchev–Trinajstić information content (AvgIpc) is 2.54. The molecule has 0 heterocycles. The van der Waals surface area contributed by atoms with Gasteiger partial charge >= 0.3 is 5.97 Å². The summed E-state index contributed by atoms with van der Waals surface area (Å²) in [7, 11) is 0. The first-order valence-corrected chi connectivity index (χ1v) is 9.81. The SMILES string of the molecule is CC(C)CCOC(=O)c1ccc(N(CCC(C)C)CCC(C)C)cc1. The average molecular weight is 348 g/mol. The summed E-state index contributed by atoms with van der Waals surface area (Å²) in [5.74, 6) is 1.71. The molecule has 0 saturated heterocycles. The third kappa shape index (κ3) is 8.94. The molecule has 0 bridgehead atoms. The molecular formula is C22H37NO2. The Balaban J connectivity index is 2.68. The Bertz CT molecular complexity index is 479. The normalized spacial score (nSPS) is 11.4. The fourth-order valence-corrected chi connectivity index (χ4v) is 2.48. The smallest absolute Gasteiger partial charge is 0.338 e. The number of ether oxygens (including phenoxy) is 1. The molecule has 0 aromatic heterocycles. The number of carbonyl (C=O) groups excluding carboxylic acids is 1. The summed E-state index contributed by atoms with van der Waals surface area (Å²) in [5, 5.41) is 0. The van der Waals surface area contributed by atoms with Crippen LogP contribution in [0.3, 0.4) is 0 Å². The van der Waals surface area contributed by atoms with E-state index in [1.807, 2.05) is 12.1 Å². The maximum absolute atomic E-state index is 12.1. The van der Waals surface area contributed by atoms with Crippen LogP contribution < -0.4 is 4.90 Å². The monoisotopic (exact) mass is 347 g/mol. The van der Waals surface area contributed by atoms with Crippen LogP contribution in [-0.4, -0.2) is 25.7 Å². The molecule has 0 fully saturated rings. The van der Waals surface area contributed by atoms with Crippen molar-refractivity contribution in [2.75, 3.05) is 24.6 Å². The van der Waals surface area contributed by atoms with Crippen molar-refractivity contribution in [3.05, 3.63) is 29.8 Å². The van der Waals surface area contributed by atoms with E-state index in [0.29, 0.717) is 29.9 Å². The molecule has 0 saturated carbocycles. The van der Waals surface area contributed by atoms with E-state index >= 15 is 0 Å². The summed E-state index contributed by atoms with van der Waals surface area (Å²) >= 11 is 0. The van der Waals surface area contributed by atoms with Gasteiger partial charge in [0.25, 0.3) is 0 Å². The number of esters is 1. The highest BCUT2D eigenvalue weighted by atomic mass is 16.5. The number of anilines is 1. The van der Waals surface area contributed by atoms with Crippen LogP contribution in [0, 0.1) is 17.8 Å².